The van der Waals surface area contributed by atoms with Gasteiger partial charge in [0.2, 0.25) is 5.88 Å². The molecule has 0 bridgehead atoms. The average Bonchev–Trinajstić information content (AvgIpc) is 2.42. The zero-order chi connectivity index (χ0) is 14.5. The molecule has 1 aromatic carbocycles. The Morgan fingerprint density at radius 3 is 2.85 bits per heavy atom. The molecule has 0 spiro atoms. The van der Waals surface area contributed by atoms with Crippen molar-refractivity contribution in [1.82, 2.24) is 10.3 Å². The molecule has 1 heterocycles. The van der Waals surface area contributed by atoms with Crippen LogP contribution in [0, 0.1) is 17.0 Å². The van der Waals surface area contributed by atoms with Gasteiger partial charge in [-0.05, 0) is 31.7 Å². The summed E-state index contributed by atoms with van der Waals surface area (Å²) in [5.41, 5.74) is 1.92. The topological polar surface area (TPSA) is 77.3 Å². The molecule has 0 saturated heterocycles. The molecule has 0 amide bonds. The third-order valence-electron chi connectivity index (χ3n) is 2.71. The van der Waals surface area contributed by atoms with Crippen molar-refractivity contribution in [3.63, 3.8) is 0 Å². The third-order valence-corrected chi connectivity index (χ3v) is 2.71. The van der Waals surface area contributed by atoms with Crippen molar-refractivity contribution in [2.75, 3.05) is 7.05 Å². The highest BCUT2D eigenvalue weighted by Crippen LogP contribution is 2.26. The molecular weight excluding hydrogens is 258 g/mol. The number of aromatic nitrogens is 1. The molecule has 104 valence electrons. The van der Waals surface area contributed by atoms with E-state index in [2.05, 4.69) is 10.3 Å². The van der Waals surface area contributed by atoms with E-state index in [-0.39, 0.29) is 5.69 Å². The Kier molecular flexibility index (Phi) is 4.27. The molecule has 0 atom stereocenters. The lowest BCUT2D eigenvalue weighted by atomic mass is 10.2. The van der Waals surface area contributed by atoms with E-state index in [0.717, 1.165) is 17.7 Å². The molecule has 0 saturated carbocycles. The van der Waals surface area contributed by atoms with Gasteiger partial charge in [0.05, 0.1) is 11.0 Å². The smallest absolute Gasteiger partial charge is 0.273 e. The second kappa shape index (κ2) is 6.12. The number of nitrogens with one attached hydrogen (secondary N) is 1. The molecule has 0 radical (unpaired) electrons. The molecule has 0 aliphatic heterocycles. The van der Waals surface area contributed by atoms with Gasteiger partial charge in [0.15, 0.2) is 0 Å². The summed E-state index contributed by atoms with van der Waals surface area (Å²) in [7, 11) is 1.86. The van der Waals surface area contributed by atoms with Crippen molar-refractivity contribution in [3.8, 4) is 11.6 Å². The molecule has 6 heteroatoms. The van der Waals surface area contributed by atoms with Crippen molar-refractivity contribution in [2.24, 2.45) is 0 Å². The second-order valence-electron chi connectivity index (χ2n) is 4.35. The Hall–Kier alpha value is -2.47. The van der Waals surface area contributed by atoms with Gasteiger partial charge < -0.3 is 10.1 Å². The fourth-order valence-electron chi connectivity index (χ4n) is 1.80. The zero-order valence-electron chi connectivity index (χ0n) is 11.3. The third kappa shape index (κ3) is 3.30. The van der Waals surface area contributed by atoms with E-state index in [1.54, 1.807) is 18.3 Å². The number of hydrogen-bond acceptors (Lipinski definition) is 5. The number of rotatable bonds is 5. The molecule has 1 aromatic heterocycles. The highest BCUT2D eigenvalue weighted by molar-refractivity contribution is 5.40. The van der Waals surface area contributed by atoms with Crippen LogP contribution >= 0.6 is 0 Å². The Bertz CT molecular complexity index is 629. The van der Waals surface area contributed by atoms with E-state index >= 15 is 0 Å². The lowest BCUT2D eigenvalue weighted by Gasteiger charge is -2.09. The van der Waals surface area contributed by atoms with Gasteiger partial charge in [0.25, 0.3) is 5.69 Å². The molecule has 2 rings (SSSR count). The maximum atomic E-state index is 10.7. The van der Waals surface area contributed by atoms with Gasteiger partial charge in [-0.1, -0.05) is 6.07 Å². The highest BCUT2D eigenvalue weighted by Gasteiger charge is 2.09. The summed E-state index contributed by atoms with van der Waals surface area (Å²) < 4.78 is 5.60. The minimum atomic E-state index is -0.455. The SMILES string of the molecule is CNCc1cnc(Oc2cccc([N+](=O)[O-])c2)c(C)c1. The van der Waals surface area contributed by atoms with Crippen LogP contribution in [0.25, 0.3) is 0 Å². The lowest BCUT2D eigenvalue weighted by molar-refractivity contribution is -0.384. The quantitative estimate of drug-likeness (QED) is 0.669. The van der Waals surface area contributed by atoms with Gasteiger partial charge in [0.1, 0.15) is 5.75 Å². The molecule has 0 fully saturated rings. The summed E-state index contributed by atoms with van der Waals surface area (Å²) in [6.07, 6.45) is 1.72. The summed E-state index contributed by atoms with van der Waals surface area (Å²) in [5.74, 6) is 0.849. The second-order valence-corrected chi connectivity index (χ2v) is 4.35. The fraction of sp³-hybridized carbons (Fsp3) is 0.214. The van der Waals surface area contributed by atoms with E-state index < -0.39 is 4.92 Å². The van der Waals surface area contributed by atoms with E-state index in [9.17, 15) is 10.1 Å². The van der Waals surface area contributed by atoms with Gasteiger partial charge in [-0.25, -0.2) is 4.98 Å². The van der Waals surface area contributed by atoms with Crippen molar-refractivity contribution >= 4 is 5.69 Å². The van der Waals surface area contributed by atoms with Crippen LogP contribution < -0.4 is 10.1 Å². The molecule has 0 aliphatic carbocycles. The lowest BCUT2D eigenvalue weighted by Crippen LogP contribution is -2.06. The van der Waals surface area contributed by atoms with E-state index in [4.69, 9.17) is 4.74 Å². The van der Waals surface area contributed by atoms with Crippen molar-refractivity contribution in [1.29, 1.82) is 0 Å². The van der Waals surface area contributed by atoms with Crippen LogP contribution in [0.4, 0.5) is 5.69 Å². The summed E-state index contributed by atoms with van der Waals surface area (Å²) in [5, 5.41) is 13.8. The summed E-state index contributed by atoms with van der Waals surface area (Å²) in [6.45, 7) is 2.61. The van der Waals surface area contributed by atoms with Crippen LogP contribution in [0.5, 0.6) is 11.6 Å². The van der Waals surface area contributed by atoms with Crippen molar-refractivity contribution in [2.45, 2.75) is 13.5 Å². The first-order chi connectivity index (χ1) is 9.60. The molecule has 6 nitrogen and oxygen atoms in total. The number of benzene rings is 1. The number of nitro groups is 1. The average molecular weight is 273 g/mol. The number of nitro benzene ring substituents is 1. The van der Waals surface area contributed by atoms with Gasteiger partial charge in [-0.2, -0.15) is 0 Å². The van der Waals surface area contributed by atoms with Crippen LogP contribution in [0.2, 0.25) is 0 Å². The van der Waals surface area contributed by atoms with Crippen LogP contribution in [-0.4, -0.2) is 17.0 Å². The first kappa shape index (κ1) is 14.0. The summed E-state index contributed by atoms with van der Waals surface area (Å²) in [6, 6.07) is 8.01. The molecule has 0 aliphatic rings. The first-order valence-corrected chi connectivity index (χ1v) is 6.12. The molecule has 2 aromatic rings. The molecule has 0 unspecified atom stereocenters. The first-order valence-electron chi connectivity index (χ1n) is 6.12. The summed E-state index contributed by atoms with van der Waals surface area (Å²) >= 11 is 0. The molecular formula is C14H15N3O3. The summed E-state index contributed by atoms with van der Waals surface area (Å²) in [4.78, 5) is 14.5. The molecule has 1 N–H and O–H groups in total. The number of pyridine rings is 1. The Labute approximate surface area is 116 Å². The Balaban J connectivity index is 2.21. The Morgan fingerprint density at radius 2 is 2.20 bits per heavy atom. The monoisotopic (exact) mass is 273 g/mol. The zero-order valence-corrected chi connectivity index (χ0v) is 11.3. The Morgan fingerprint density at radius 1 is 1.40 bits per heavy atom. The number of ether oxygens (including phenoxy) is 1. The minimum absolute atomic E-state index is 0.00745. The minimum Gasteiger partial charge on any atom is -0.439 e. The van der Waals surface area contributed by atoms with Crippen LogP contribution in [-0.2, 0) is 6.54 Å². The number of nitrogens with zero attached hydrogens (tertiary/aromatic N) is 2. The van der Waals surface area contributed by atoms with Crippen molar-refractivity contribution < 1.29 is 9.66 Å². The number of aryl methyl sites for hydroxylation is 1. The van der Waals surface area contributed by atoms with Gasteiger partial charge in [0, 0.05) is 24.4 Å². The normalized spacial score (nSPS) is 10.3. The van der Waals surface area contributed by atoms with E-state index in [1.165, 1.54) is 12.1 Å². The maximum absolute atomic E-state index is 10.7. The van der Waals surface area contributed by atoms with E-state index in [1.807, 2.05) is 20.0 Å². The number of hydrogen-bond donors (Lipinski definition) is 1. The predicted octanol–water partition coefficient (Wildman–Crippen LogP) is 2.81. The standard InChI is InChI=1S/C14H15N3O3/c1-10-6-11(8-15-2)9-16-14(10)20-13-5-3-4-12(7-13)17(18)19/h3-7,9,15H,8H2,1-2H3. The van der Waals surface area contributed by atoms with Gasteiger partial charge >= 0.3 is 0 Å². The van der Waals surface area contributed by atoms with Crippen molar-refractivity contribution in [3.05, 3.63) is 57.8 Å². The van der Waals surface area contributed by atoms with Crippen LogP contribution in [0.15, 0.2) is 36.5 Å². The highest BCUT2D eigenvalue weighted by atomic mass is 16.6. The molecule has 20 heavy (non-hydrogen) atoms. The fourth-order valence-corrected chi connectivity index (χ4v) is 1.80. The van der Waals surface area contributed by atoms with Gasteiger partial charge in [-0.15, -0.1) is 0 Å². The maximum Gasteiger partial charge on any atom is 0.273 e. The van der Waals surface area contributed by atoms with E-state index in [0.29, 0.717) is 11.6 Å². The van der Waals surface area contributed by atoms with Gasteiger partial charge in [-0.3, -0.25) is 10.1 Å². The predicted molar refractivity (Wildman–Crippen MR) is 74.9 cm³/mol. The van der Waals surface area contributed by atoms with Crippen LogP contribution in [0.1, 0.15) is 11.1 Å². The largest absolute Gasteiger partial charge is 0.439 e. The van der Waals surface area contributed by atoms with Crippen LogP contribution in [0.3, 0.4) is 0 Å². The number of non-ortho nitro benzene ring substituents is 1.